The molecule has 0 spiro atoms. The zero-order valence-corrected chi connectivity index (χ0v) is 11.4. The highest BCUT2D eigenvalue weighted by Crippen LogP contribution is 2.25. The van der Waals surface area contributed by atoms with Gasteiger partial charge in [0, 0.05) is 11.8 Å². The lowest BCUT2D eigenvalue weighted by Gasteiger charge is -2.11. The molecule has 0 aliphatic heterocycles. The maximum atomic E-state index is 10.9. The molecule has 1 unspecified atom stereocenters. The number of ether oxygens (including phenoxy) is 1. The van der Waals surface area contributed by atoms with Crippen LogP contribution in [0.3, 0.4) is 0 Å². The minimum Gasteiger partial charge on any atom is -0.493 e. The number of rotatable bonds is 5. The van der Waals surface area contributed by atoms with Crippen LogP contribution in [0.15, 0.2) is 42.5 Å². The van der Waals surface area contributed by atoms with Gasteiger partial charge in [0.25, 0.3) is 10.1 Å². The van der Waals surface area contributed by atoms with Gasteiger partial charge in [-0.05, 0) is 18.4 Å². The van der Waals surface area contributed by atoms with E-state index < -0.39 is 15.4 Å². The zero-order chi connectivity index (χ0) is 13.9. The minimum atomic E-state index is -3.98. The summed E-state index contributed by atoms with van der Waals surface area (Å²) in [5, 5.41) is 1.25. The molecule has 19 heavy (non-hydrogen) atoms. The van der Waals surface area contributed by atoms with Gasteiger partial charge in [0.2, 0.25) is 0 Å². The molecule has 0 saturated heterocycles. The molecule has 102 valence electrons. The maximum Gasteiger partial charge on any atom is 0.267 e. The van der Waals surface area contributed by atoms with Gasteiger partial charge in [0.05, 0.1) is 11.9 Å². The predicted octanol–water partition coefficient (Wildman–Crippen LogP) is 2.89. The third-order valence-corrected chi connectivity index (χ3v) is 4.29. The van der Waals surface area contributed by atoms with Crippen molar-refractivity contribution in [1.82, 2.24) is 0 Å². The molecule has 5 heteroatoms. The number of hydrogen-bond donors (Lipinski definition) is 1. The molecule has 2 aromatic rings. The molecule has 0 bridgehead atoms. The third-order valence-electron chi connectivity index (χ3n) is 3.04. The van der Waals surface area contributed by atoms with E-state index in [1.54, 1.807) is 0 Å². The average Bonchev–Trinajstić information content (AvgIpc) is 2.38. The Labute approximate surface area is 112 Å². The van der Waals surface area contributed by atoms with Crippen LogP contribution in [0.25, 0.3) is 10.8 Å². The van der Waals surface area contributed by atoms with E-state index in [2.05, 4.69) is 0 Å². The molecule has 0 amide bonds. The van der Waals surface area contributed by atoms with Crippen LogP contribution < -0.4 is 4.74 Å². The second kappa shape index (κ2) is 5.59. The predicted molar refractivity (Wildman–Crippen MR) is 75.1 cm³/mol. The van der Waals surface area contributed by atoms with Gasteiger partial charge >= 0.3 is 0 Å². The van der Waals surface area contributed by atoms with Crippen LogP contribution >= 0.6 is 0 Å². The van der Waals surface area contributed by atoms with Crippen LogP contribution in [-0.4, -0.2) is 24.8 Å². The summed E-state index contributed by atoms with van der Waals surface area (Å²) in [4.78, 5) is 0. The van der Waals surface area contributed by atoms with Crippen molar-refractivity contribution in [2.45, 2.75) is 18.6 Å². The van der Waals surface area contributed by atoms with Gasteiger partial charge in [0.1, 0.15) is 5.75 Å². The molecule has 0 aromatic heterocycles. The quantitative estimate of drug-likeness (QED) is 0.855. The summed E-state index contributed by atoms with van der Waals surface area (Å²) < 4.78 is 36.3. The number of benzene rings is 2. The van der Waals surface area contributed by atoms with Gasteiger partial charge in [-0.1, -0.05) is 36.4 Å². The van der Waals surface area contributed by atoms with Crippen molar-refractivity contribution in [1.29, 1.82) is 0 Å². The number of fused-ring (bicyclic) bond motifs is 1. The Morgan fingerprint density at radius 2 is 1.84 bits per heavy atom. The summed E-state index contributed by atoms with van der Waals surface area (Å²) in [7, 11) is -3.98. The lowest BCUT2D eigenvalue weighted by molar-refractivity contribution is 0.310. The first-order chi connectivity index (χ1) is 8.98. The maximum absolute atomic E-state index is 10.9. The van der Waals surface area contributed by atoms with E-state index in [-0.39, 0.29) is 13.0 Å². The van der Waals surface area contributed by atoms with Crippen molar-refractivity contribution in [2.24, 2.45) is 0 Å². The van der Waals surface area contributed by atoms with Crippen molar-refractivity contribution >= 4 is 20.9 Å². The second-order valence-electron chi connectivity index (χ2n) is 4.44. The molecule has 4 nitrogen and oxygen atoms in total. The van der Waals surface area contributed by atoms with Crippen molar-refractivity contribution in [3.8, 4) is 5.75 Å². The fourth-order valence-corrected chi connectivity index (χ4v) is 2.20. The van der Waals surface area contributed by atoms with Gasteiger partial charge in [-0.15, -0.1) is 0 Å². The van der Waals surface area contributed by atoms with Gasteiger partial charge in [-0.25, -0.2) is 0 Å². The fourth-order valence-electron chi connectivity index (χ4n) is 1.81. The lowest BCUT2D eigenvalue weighted by Crippen LogP contribution is -2.19. The smallest absolute Gasteiger partial charge is 0.267 e. The first-order valence-corrected chi connectivity index (χ1v) is 7.55. The normalized spacial score (nSPS) is 13.4. The standard InChI is InChI=1S/C14H16O4S/c1-11(19(15,16)17)9-10-18-14-8-4-6-12-5-2-3-7-13(12)14/h2-8,11H,9-10H2,1H3,(H,15,16,17). The van der Waals surface area contributed by atoms with Gasteiger partial charge in [0.15, 0.2) is 0 Å². The Morgan fingerprint density at radius 3 is 2.58 bits per heavy atom. The molecule has 0 radical (unpaired) electrons. The van der Waals surface area contributed by atoms with E-state index in [9.17, 15) is 8.42 Å². The van der Waals surface area contributed by atoms with E-state index in [0.717, 1.165) is 16.5 Å². The van der Waals surface area contributed by atoms with E-state index in [0.29, 0.717) is 0 Å². The molecule has 1 atom stereocenters. The van der Waals surface area contributed by atoms with Crippen LogP contribution in [-0.2, 0) is 10.1 Å². The minimum absolute atomic E-state index is 0.245. The highest BCUT2D eigenvalue weighted by molar-refractivity contribution is 7.86. The summed E-state index contributed by atoms with van der Waals surface area (Å²) in [5.74, 6) is 0.723. The first kappa shape index (κ1) is 13.8. The lowest BCUT2D eigenvalue weighted by atomic mass is 10.1. The van der Waals surface area contributed by atoms with Crippen LogP contribution in [0.1, 0.15) is 13.3 Å². The van der Waals surface area contributed by atoms with Crippen LogP contribution in [0.5, 0.6) is 5.75 Å². The monoisotopic (exact) mass is 280 g/mol. The van der Waals surface area contributed by atoms with E-state index >= 15 is 0 Å². The van der Waals surface area contributed by atoms with Crippen molar-refractivity contribution < 1.29 is 17.7 Å². The summed E-state index contributed by atoms with van der Waals surface area (Å²) in [6, 6.07) is 13.6. The van der Waals surface area contributed by atoms with Crippen molar-refractivity contribution in [3.63, 3.8) is 0 Å². The third kappa shape index (κ3) is 3.45. The van der Waals surface area contributed by atoms with Crippen molar-refractivity contribution in [2.75, 3.05) is 6.61 Å². The molecule has 1 N–H and O–H groups in total. The summed E-state index contributed by atoms with van der Waals surface area (Å²) >= 11 is 0. The molecular weight excluding hydrogens is 264 g/mol. The molecule has 0 saturated carbocycles. The molecule has 0 fully saturated rings. The molecular formula is C14H16O4S. The van der Waals surface area contributed by atoms with E-state index in [1.165, 1.54) is 6.92 Å². The highest BCUT2D eigenvalue weighted by atomic mass is 32.2. The molecule has 0 heterocycles. The van der Waals surface area contributed by atoms with E-state index in [4.69, 9.17) is 9.29 Å². The van der Waals surface area contributed by atoms with E-state index in [1.807, 2.05) is 42.5 Å². The number of hydrogen-bond acceptors (Lipinski definition) is 3. The topological polar surface area (TPSA) is 63.6 Å². The Balaban J connectivity index is 2.07. The summed E-state index contributed by atoms with van der Waals surface area (Å²) in [6.07, 6.45) is 0.252. The fraction of sp³-hybridized carbons (Fsp3) is 0.286. The summed E-state index contributed by atoms with van der Waals surface area (Å²) in [6.45, 7) is 1.71. The van der Waals surface area contributed by atoms with Crippen LogP contribution in [0.4, 0.5) is 0 Å². The first-order valence-electron chi connectivity index (χ1n) is 6.05. The summed E-state index contributed by atoms with van der Waals surface area (Å²) in [5.41, 5.74) is 0. The second-order valence-corrected chi connectivity index (χ2v) is 6.27. The molecule has 0 aliphatic rings. The van der Waals surface area contributed by atoms with Crippen molar-refractivity contribution in [3.05, 3.63) is 42.5 Å². The Hall–Kier alpha value is -1.59. The Bertz CT molecular complexity index is 659. The largest absolute Gasteiger partial charge is 0.493 e. The average molecular weight is 280 g/mol. The van der Waals surface area contributed by atoms with Gasteiger partial charge < -0.3 is 4.74 Å². The van der Waals surface area contributed by atoms with Crippen LogP contribution in [0, 0.1) is 0 Å². The van der Waals surface area contributed by atoms with Gasteiger partial charge in [-0.3, -0.25) is 4.55 Å². The molecule has 0 aliphatic carbocycles. The van der Waals surface area contributed by atoms with Gasteiger partial charge in [-0.2, -0.15) is 8.42 Å². The Kier molecular flexibility index (Phi) is 4.07. The highest BCUT2D eigenvalue weighted by Gasteiger charge is 2.16. The Morgan fingerprint density at radius 1 is 1.16 bits per heavy atom. The molecule has 2 aromatic carbocycles. The molecule has 2 rings (SSSR count). The SMILES string of the molecule is CC(CCOc1cccc2ccccc12)S(=O)(=O)O. The van der Waals surface area contributed by atoms with Crippen LogP contribution in [0.2, 0.25) is 0 Å². The zero-order valence-electron chi connectivity index (χ0n) is 10.6.